The molecule has 1 aromatic heterocycles. The molecule has 3 N–H and O–H groups in total. The van der Waals surface area contributed by atoms with Crippen molar-refractivity contribution in [1.29, 1.82) is 0 Å². The average molecular weight is 284 g/mol. The van der Waals surface area contributed by atoms with Crippen molar-refractivity contribution >= 4 is 24.0 Å². The fourth-order valence-electron chi connectivity index (χ4n) is 2.47. The molecular weight excluding hydrogens is 262 g/mol. The largest absolute Gasteiger partial charge is 0.397 e. The summed E-state index contributed by atoms with van der Waals surface area (Å²) in [4.78, 5) is 16.1. The molecule has 1 heterocycles. The van der Waals surface area contributed by atoms with Crippen LogP contribution in [0.4, 0.5) is 5.69 Å². The van der Waals surface area contributed by atoms with Gasteiger partial charge in [-0.3, -0.25) is 9.78 Å². The van der Waals surface area contributed by atoms with Gasteiger partial charge in [-0.1, -0.05) is 27.7 Å². The van der Waals surface area contributed by atoms with E-state index < -0.39 is 0 Å². The fourth-order valence-corrected chi connectivity index (χ4v) is 2.47. The lowest BCUT2D eigenvalue weighted by molar-refractivity contribution is -0.120. The van der Waals surface area contributed by atoms with Gasteiger partial charge in [0, 0.05) is 11.7 Å². The molecule has 0 radical (unpaired) electrons. The van der Waals surface area contributed by atoms with Crippen molar-refractivity contribution in [3.05, 3.63) is 24.0 Å². The van der Waals surface area contributed by atoms with Gasteiger partial charge in [0.15, 0.2) is 0 Å². The standard InChI is InChI=1S/C14H21N3O.ClH/c1-13(2)12(14(13,3)4)17-11(18)7-10-6-5-9(15)8-16-10;/h5-6,8,12H,7,15H2,1-4H3,(H,17,18);1H. The summed E-state index contributed by atoms with van der Waals surface area (Å²) in [6, 6.07) is 3.80. The third kappa shape index (κ3) is 2.84. The van der Waals surface area contributed by atoms with Crippen LogP contribution in [0.15, 0.2) is 18.3 Å². The van der Waals surface area contributed by atoms with E-state index in [1.54, 1.807) is 18.3 Å². The van der Waals surface area contributed by atoms with Gasteiger partial charge in [-0.05, 0) is 23.0 Å². The maximum atomic E-state index is 11.9. The Balaban J connectivity index is 0.00000180. The number of aromatic nitrogens is 1. The van der Waals surface area contributed by atoms with Crippen molar-refractivity contribution in [3.8, 4) is 0 Å². The van der Waals surface area contributed by atoms with Crippen LogP contribution in [-0.2, 0) is 11.2 Å². The molecule has 1 aromatic rings. The Labute approximate surface area is 120 Å². The minimum atomic E-state index is 0. The van der Waals surface area contributed by atoms with E-state index in [2.05, 4.69) is 38.0 Å². The SMILES string of the molecule is CC1(C)C(NC(=O)Cc2ccc(N)cn2)C1(C)C.Cl. The highest BCUT2D eigenvalue weighted by Crippen LogP contribution is 2.62. The van der Waals surface area contributed by atoms with Gasteiger partial charge < -0.3 is 11.1 Å². The van der Waals surface area contributed by atoms with Crippen molar-refractivity contribution in [2.75, 3.05) is 5.73 Å². The van der Waals surface area contributed by atoms with E-state index in [4.69, 9.17) is 5.73 Å². The predicted octanol–water partition coefficient (Wildman–Crippen LogP) is 2.18. The van der Waals surface area contributed by atoms with Gasteiger partial charge in [-0.25, -0.2) is 0 Å². The highest BCUT2D eigenvalue weighted by Gasteiger charge is 2.65. The summed E-state index contributed by atoms with van der Waals surface area (Å²) in [5.74, 6) is 0.0240. The summed E-state index contributed by atoms with van der Waals surface area (Å²) in [6.45, 7) is 8.72. The Morgan fingerprint density at radius 2 is 1.89 bits per heavy atom. The molecule has 19 heavy (non-hydrogen) atoms. The molecule has 0 spiro atoms. The first kappa shape index (κ1) is 15.8. The molecule has 2 rings (SSSR count). The zero-order valence-electron chi connectivity index (χ0n) is 11.9. The third-order valence-corrected chi connectivity index (χ3v) is 4.52. The van der Waals surface area contributed by atoms with E-state index in [0.29, 0.717) is 12.1 Å². The second kappa shape index (κ2) is 5.00. The van der Waals surface area contributed by atoms with Crippen LogP contribution in [0.5, 0.6) is 0 Å². The molecule has 1 aliphatic rings. The number of hydrogen-bond donors (Lipinski definition) is 2. The molecule has 1 amide bonds. The number of carbonyl (C=O) groups excluding carboxylic acids is 1. The lowest BCUT2D eigenvalue weighted by Crippen LogP contribution is -2.31. The monoisotopic (exact) mass is 283 g/mol. The molecule has 0 atom stereocenters. The topological polar surface area (TPSA) is 68.0 Å². The van der Waals surface area contributed by atoms with E-state index in [-0.39, 0.29) is 35.2 Å². The lowest BCUT2D eigenvalue weighted by Gasteiger charge is -2.06. The number of rotatable bonds is 3. The molecule has 0 saturated heterocycles. The van der Waals surface area contributed by atoms with Crippen LogP contribution in [-0.4, -0.2) is 16.9 Å². The van der Waals surface area contributed by atoms with Crippen molar-refractivity contribution in [2.24, 2.45) is 10.8 Å². The maximum absolute atomic E-state index is 11.9. The zero-order valence-corrected chi connectivity index (χ0v) is 12.7. The summed E-state index contributed by atoms with van der Waals surface area (Å²) in [6.07, 6.45) is 1.89. The van der Waals surface area contributed by atoms with E-state index in [0.717, 1.165) is 5.69 Å². The molecule has 106 valence electrons. The molecule has 1 saturated carbocycles. The number of nitrogens with two attached hydrogens (primary N) is 1. The molecule has 0 aromatic carbocycles. The van der Waals surface area contributed by atoms with Crippen molar-refractivity contribution in [3.63, 3.8) is 0 Å². The Hall–Kier alpha value is -1.29. The molecular formula is C14H22ClN3O. The number of nitrogen functional groups attached to an aromatic ring is 1. The van der Waals surface area contributed by atoms with Crippen LogP contribution in [0, 0.1) is 10.8 Å². The van der Waals surface area contributed by atoms with Gasteiger partial charge in [-0.15, -0.1) is 12.4 Å². The van der Waals surface area contributed by atoms with Crippen LogP contribution in [0.25, 0.3) is 0 Å². The second-order valence-corrected chi connectivity index (χ2v) is 6.20. The second-order valence-electron chi connectivity index (χ2n) is 6.20. The lowest BCUT2D eigenvalue weighted by atomic mass is 10.0. The third-order valence-electron chi connectivity index (χ3n) is 4.52. The zero-order chi connectivity index (χ0) is 13.6. The molecule has 0 unspecified atom stereocenters. The number of pyridine rings is 1. The van der Waals surface area contributed by atoms with Crippen molar-refractivity contribution in [1.82, 2.24) is 10.3 Å². The molecule has 4 nitrogen and oxygen atoms in total. The first-order valence-electron chi connectivity index (χ1n) is 6.25. The first-order valence-corrected chi connectivity index (χ1v) is 6.25. The van der Waals surface area contributed by atoms with Crippen LogP contribution >= 0.6 is 12.4 Å². The summed E-state index contributed by atoms with van der Waals surface area (Å²) in [7, 11) is 0. The summed E-state index contributed by atoms with van der Waals surface area (Å²) < 4.78 is 0. The average Bonchev–Trinajstić information content (AvgIpc) is 2.64. The predicted molar refractivity (Wildman–Crippen MR) is 79.1 cm³/mol. The van der Waals surface area contributed by atoms with E-state index in [9.17, 15) is 4.79 Å². The number of nitrogens with one attached hydrogen (secondary N) is 1. The van der Waals surface area contributed by atoms with Crippen LogP contribution in [0.2, 0.25) is 0 Å². The highest BCUT2D eigenvalue weighted by molar-refractivity contribution is 5.85. The van der Waals surface area contributed by atoms with Gasteiger partial charge in [0.1, 0.15) is 0 Å². The highest BCUT2D eigenvalue weighted by atomic mass is 35.5. The van der Waals surface area contributed by atoms with E-state index in [1.165, 1.54) is 0 Å². The molecule has 1 aliphatic carbocycles. The van der Waals surface area contributed by atoms with Gasteiger partial charge in [0.05, 0.1) is 18.3 Å². The Bertz CT molecular complexity index is 454. The Morgan fingerprint density at radius 1 is 1.32 bits per heavy atom. The minimum Gasteiger partial charge on any atom is -0.397 e. The van der Waals surface area contributed by atoms with Crippen LogP contribution in [0.3, 0.4) is 0 Å². The first-order chi connectivity index (χ1) is 8.25. The molecule has 1 fully saturated rings. The van der Waals surface area contributed by atoms with E-state index >= 15 is 0 Å². The molecule has 5 heteroatoms. The van der Waals surface area contributed by atoms with Gasteiger partial charge in [0.25, 0.3) is 0 Å². The summed E-state index contributed by atoms with van der Waals surface area (Å²) in [5.41, 5.74) is 7.25. The molecule has 0 aliphatic heterocycles. The fraction of sp³-hybridized carbons (Fsp3) is 0.571. The van der Waals surface area contributed by atoms with Gasteiger partial charge in [0.2, 0.25) is 5.91 Å². The summed E-state index contributed by atoms with van der Waals surface area (Å²) >= 11 is 0. The van der Waals surface area contributed by atoms with Crippen molar-refractivity contribution < 1.29 is 4.79 Å². The van der Waals surface area contributed by atoms with Crippen molar-refractivity contribution in [2.45, 2.75) is 40.2 Å². The van der Waals surface area contributed by atoms with Gasteiger partial charge >= 0.3 is 0 Å². The number of carbonyl (C=O) groups is 1. The normalized spacial score (nSPS) is 19.4. The van der Waals surface area contributed by atoms with Crippen LogP contribution < -0.4 is 11.1 Å². The number of amides is 1. The number of hydrogen-bond acceptors (Lipinski definition) is 3. The number of nitrogens with zero attached hydrogens (tertiary/aromatic N) is 1. The smallest absolute Gasteiger partial charge is 0.226 e. The minimum absolute atomic E-state index is 0. The van der Waals surface area contributed by atoms with Crippen LogP contribution in [0.1, 0.15) is 33.4 Å². The molecule has 0 bridgehead atoms. The van der Waals surface area contributed by atoms with Gasteiger partial charge in [-0.2, -0.15) is 0 Å². The quantitative estimate of drug-likeness (QED) is 0.893. The summed E-state index contributed by atoms with van der Waals surface area (Å²) in [5, 5.41) is 3.09. The maximum Gasteiger partial charge on any atom is 0.226 e. The number of halogens is 1. The number of anilines is 1. The van der Waals surface area contributed by atoms with E-state index in [1.807, 2.05) is 0 Å². The Morgan fingerprint density at radius 3 is 2.32 bits per heavy atom. The Kier molecular flexibility index (Phi) is 4.15.